The van der Waals surface area contributed by atoms with Crippen LogP contribution in [0, 0.1) is 12.8 Å². The molecular weight excluding hydrogens is 354 g/mol. The van der Waals surface area contributed by atoms with Gasteiger partial charge in [0.25, 0.3) is 5.91 Å². The number of hydrogen-bond acceptors (Lipinski definition) is 7. The van der Waals surface area contributed by atoms with Crippen LogP contribution in [0.2, 0.25) is 0 Å². The lowest BCUT2D eigenvalue weighted by atomic mass is 10.1. The second-order valence-corrected chi connectivity index (χ2v) is 7.15. The Morgan fingerprint density at radius 3 is 2.77 bits per heavy atom. The number of carbonyl (C=O) groups is 2. The quantitative estimate of drug-likeness (QED) is 0.530. The topological polar surface area (TPSA) is 94.3 Å². The number of aromatic nitrogens is 2. The molecule has 2 rings (SSSR count). The van der Waals surface area contributed by atoms with E-state index in [0.29, 0.717) is 35.5 Å². The van der Waals surface area contributed by atoms with Crippen LogP contribution in [0.5, 0.6) is 0 Å². The van der Waals surface area contributed by atoms with Gasteiger partial charge in [0.15, 0.2) is 12.4 Å². The summed E-state index contributed by atoms with van der Waals surface area (Å²) in [6, 6.07) is 7.06. The van der Waals surface area contributed by atoms with Gasteiger partial charge in [0, 0.05) is 11.4 Å². The highest BCUT2D eigenvalue weighted by Gasteiger charge is 2.15. The van der Waals surface area contributed by atoms with Crippen LogP contribution in [0.3, 0.4) is 0 Å². The Hall–Kier alpha value is -2.35. The van der Waals surface area contributed by atoms with E-state index in [9.17, 15) is 9.59 Å². The van der Waals surface area contributed by atoms with Crippen molar-refractivity contribution in [2.24, 2.45) is 5.92 Å². The Balaban J connectivity index is 1.87. The molecule has 0 aliphatic heterocycles. The number of thioether (sulfide) groups is 1. The van der Waals surface area contributed by atoms with Gasteiger partial charge in [-0.1, -0.05) is 31.1 Å². The molecule has 1 heterocycles. The molecule has 1 amide bonds. The fourth-order valence-electron chi connectivity index (χ4n) is 2.06. The largest absolute Gasteiger partial charge is 0.452 e. The lowest BCUT2D eigenvalue weighted by Gasteiger charge is -2.10. The summed E-state index contributed by atoms with van der Waals surface area (Å²) in [5, 5.41) is 6.47. The van der Waals surface area contributed by atoms with Crippen molar-refractivity contribution < 1.29 is 18.8 Å². The molecule has 0 spiro atoms. The van der Waals surface area contributed by atoms with Crippen LogP contribution in [0.4, 0.5) is 0 Å². The van der Waals surface area contributed by atoms with Crippen LogP contribution in [0.25, 0.3) is 0 Å². The molecule has 8 heteroatoms. The average molecular weight is 377 g/mol. The minimum atomic E-state index is -0.534. The predicted octanol–water partition coefficient (Wildman–Crippen LogP) is 2.99. The number of amides is 1. The highest BCUT2D eigenvalue weighted by Crippen LogP contribution is 2.26. The third kappa shape index (κ3) is 6.51. The van der Waals surface area contributed by atoms with Gasteiger partial charge in [-0.3, -0.25) is 4.79 Å². The van der Waals surface area contributed by atoms with Gasteiger partial charge in [-0.15, -0.1) is 11.8 Å². The van der Waals surface area contributed by atoms with Gasteiger partial charge in [0.1, 0.15) is 0 Å². The van der Waals surface area contributed by atoms with Gasteiger partial charge in [-0.2, -0.15) is 4.98 Å². The second-order valence-electron chi connectivity index (χ2n) is 6.13. The lowest BCUT2D eigenvalue weighted by Crippen LogP contribution is -2.30. The summed E-state index contributed by atoms with van der Waals surface area (Å²) < 4.78 is 10.2. The fourth-order valence-corrected chi connectivity index (χ4v) is 2.94. The number of carbonyl (C=O) groups excluding carboxylic acids is 2. The second kappa shape index (κ2) is 9.96. The maximum absolute atomic E-state index is 12.3. The number of nitrogens with zero attached hydrogens (tertiary/aromatic N) is 2. The molecule has 0 aliphatic carbocycles. The molecule has 1 aromatic heterocycles. The van der Waals surface area contributed by atoms with E-state index in [4.69, 9.17) is 9.26 Å². The van der Waals surface area contributed by atoms with Crippen molar-refractivity contribution in [3.8, 4) is 0 Å². The van der Waals surface area contributed by atoms with Gasteiger partial charge in [0.2, 0.25) is 5.89 Å². The monoisotopic (exact) mass is 377 g/mol. The van der Waals surface area contributed by atoms with Crippen LogP contribution in [-0.2, 0) is 15.3 Å². The smallest absolute Gasteiger partial charge is 0.339 e. The van der Waals surface area contributed by atoms with Crippen molar-refractivity contribution in [2.45, 2.75) is 37.8 Å². The number of hydrogen-bond donors (Lipinski definition) is 1. The molecule has 0 fully saturated rings. The van der Waals surface area contributed by atoms with Crippen LogP contribution in [0.15, 0.2) is 33.7 Å². The number of benzene rings is 1. The predicted molar refractivity (Wildman–Crippen MR) is 97.8 cm³/mol. The van der Waals surface area contributed by atoms with Crippen molar-refractivity contribution in [1.29, 1.82) is 0 Å². The highest BCUT2D eigenvalue weighted by atomic mass is 32.2. The first-order chi connectivity index (χ1) is 12.5. The van der Waals surface area contributed by atoms with Crippen molar-refractivity contribution in [2.75, 3.05) is 13.2 Å². The molecule has 0 saturated heterocycles. The molecule has 0 saturated carbocycles. The van der Waals surface area contributed by atoms with Crippen LogP contribution >= 0.6 is 11.8 Å². The van der Waals surface area contributed by atoms with Gasteiger partial charge in [0.05, 0.1) is 11.3 Å². The highest BCUT2D eigenvalue weighted by molar-refractivity contribution is 7.98. The van der Waals surface area contributed by atoms with Gasteiger partial charge < -0.3 is 14.6 Å². The minimum absolute atomic E-state index is 0.293. The van der Waals surface area contributed by atoms with E-state index in [1.54, 1.807) is 19.1 Å². The first kappa shape index (κ1) is 20.0. The fraction of sp³-hybridized carbons (Fsp3) is 0.444. The van der Waals surface area contributed by atoms with E-state index in [2.05, 4.69) is 29.3 Å². The molecule has 7 nitrogen and oxygen atoms in total. The number of esters is 1. The summed E-state index contributed by atoms with van der Waals surface area (Å²) in [6.07, 6.45) is 0.883. The molecule has 0 unspecified atom stereocenters. The number of rotatable bonds is 9. The summed E-state index contributed by atoms with van der Waals surface area (Å²) in [5.41, 5.74) is 0.406. The molecule has 0 radical (unpaired) electrons. The first-order valence-electron chi connectivity index (χ1n) is 8.40. The van der Waals surface area contributed by atoms with E-state index in [0.717, 1.165) is 11.3 Å². The van der Waals surface area contributed by atoms with Crippen LogP contribution in [0.1, 0.15) is 42.3 Å². The van der Waals surface area contributed by atoms with E-state index in [-0.39, 0.29) is 12.5 Å². The van der Waals surface area contributed by atoms with Gasteiger partial charge in [-0.05, 0) is 31.4 Å². The zero-order valence-electron chi connectivity index (χ0n) is 15.2. The normalized spacial score (nSPS) is 10.8. The Morgan fingerprint density at radius 1 is 1.31 bits per heavy atom. The van der Waals surface area contributed by atoms with E-state index in [1.807, 2.05) is 12.1 Å². The maximum atomic E-state index is 12.3. The number of aryl methyl sites for hydroxylation is 1. The SMILES string of the molecule is Cc1noc(CSc2ccccc2C(=O)OCC(=O)NCCC(C)C)n1. The van der Waals surface area contributed by atoms with Crippen LogP contribution in [-0.4, -0.2) is 35.2 Å². The minimum Gasteiger partial charge on any atom is -0.452 e. The molecule has 0 atom stereocenters. The summed E-state index contributed by atoms with van der Waals surface area (Å²) in [5.74, 6) is 1.17. The Morgan fingerprint density at radius 2 is 2.08 bits per heavy atom. The molecule has 0 bridgehead atoms. The maximum Gasteiger partial charge on any atom is 0.339 e. The van der Waals surface area contributed by atoms with E-state index < -0.39 is 5.97 Å². The molecule has 1 N–H and O–H groups in total. The Kier molecular flexibility index (Phi) is 7.65. The van der Waals surface area contributed by atoms with Crippen molar-refractivity contribution >= 4 is 23.6 Å². The molecule has 1 aromatic carbocycles. The standard InChI is InChI=1S/C18H23N3O4S/c1-12(2)8-9-19-16(22)10-24-18(23)14-6-4-5-7-15(14)26-11-17-20-13(3)21-25-17/h4-7,12H,8-11H2,1-3H3,(H,19,22). The van der Waals surface area contributed by atoms with Crippen molar-refractivity contribution in [1.82, 2.24) is 15.5 Å². The van der Waals surface area contributed by atoms with Crippen LogP contribution < -0.4 is 5.32 Å². The summed E-state index contributed by atoms with van der Waals surface area (Å²) >= 11 is 1.40. The Bertz CT molecular complexity index is 746. The lowest BCUT2D eigenvalue weighted by molar-refractivity contribution is -0.124. The molecule has 140 valence electrons. The third-order valence-corrected chi connectivity index (χ3v) is 4.46. The third-order valence-electron chi connectivity index (χ3n) is 3.41. The summed E-state index contributed by atoms with van der Waals surface area (Å²) in [7, 11) is 0. The molecule has 2 aromatic rings. The zero-order valence-corrected chi connectivity index (χ0v) is 16.0. The summed E-state index contributed by atoms with van der Waals surface area (Å²) in [4.78, 5) is 28.9. The van der Waals surface area contributed by atoms with Crippen molar-refractivity contribution in [3.05, 3.63) is 41.5 Å². The Labute approximate surface area is 156 Å². The molecular formula is C18H23N3O4S. The zero-order chi connectivity index (χ0) is 18.9. The van der Waals surface area contributed by atoms with Crippen molar-refractivity contribution in [3.63, 3.8) is 0 Å². The molecule has 0 aliphatic rings. The number of nitrogens with one attached hydrogen (secondary N) is 1. The van der Waals surface area contributed by atoms with Gasteiger partial charge >= 0.3 is 5.97 Å². The number of ether oxygens (including phenoxy) is 1. The molecule has 26 heavy (non-hydrogen) atoms. The average Bonchev–Trinajstić information content (AvgIpc) is 3.03. The van der Waals surface area contributed by atoms with Gasteiger partial charge in [-0.25, -0.2) is 4.79 Å². The first-order valence-corrected chi connectivity index (χ1v) is 9.39. The van der Waals surface area contributed by atoms with E-state index in [1.165, 1.54) is 11.8 Å². The summed E-state index contributed by atoms with van der Waals surface area (Å²) in [6.45, 7) is 6.19. The van der Waals surface area contributed by atoms with E-state index >= 15 is 0 Å².